The van der Waals surface area contributed by atoms with Crippen LogP contribution in [0, 0.1) is 6.92 Å². The maximum absolute atomic E-state index is 14.6. The number of aromatic amines is 2. The second-order valence-corrected chi connectivity index (χ2v) is 39.9. The summed E-state index contributed by atoms with van der Waals surface area (Å²) in [7, 11) is -2.50. The summed E-state index contributed by atoms with van der Waals surface area (Å²) >= 11 is 16.1. The van der Waals surface area contributed by atoms with Crippen molar-refractivity contribution in [1.82, 2.24) is 107 Å². The number of H-pyrrole nitrogens is 2. The largest absolute Gasteiger partial charge is 0.780 e. The molecule has 6 fully saturated rings. The van der Waals surface area contributed by atoms with Gasteiger partial charge in [0.25, 0.3) is 11.1 Å². The second-order valence-electron chi connectivity index (χ2n) is 29.7. The summed E-state index contributed by atoms with van der Waals surface area (Å²) in [5.74, 6) is 0.398. The lowest BCUT2D eigenvalue weighted by Gasteiger charge is -2.35. The average molecular weight is 1900 g/mol. The van der Waals surface area contributed by atoms with Gasteiger partial charge in [-0.2, -0.15) is 15.0 Å². The van der Waals surface area contributed by atoms with Gasteiger partial charge in [-0.3, -0.25) is 55.6 Å². The topological polar surface area (TPSA) is 711 Å². The van der Waals surface area contributed by atoms with E-state index < -0.39 is 194 Å². The van der Waals surface area contributed by atoms with E-state index in [0.717, 1.165) is 17.7 Å². The molecule has 22 atom stereocenters. The number of hydrogen-bond acceptors (Lipinski definition) is 47. The monoisotopic (exact) mass is 1890 g/mol. The number of nitrogens with zero attached hydrogens (tertiary/aromatic N) is 20. The van der Waals surface area contributed by atoms with E-state index in [0.29, 0.717) is 35.7 Å². The molecular formula is C66H88N27O26P4S3-3. The smallest absolute Gasteiger partial charge is 0.408 e. The highest BCUT2D eigenvalue weighted by molar-refractivity contribution is 8.32. The quantitative estimate of drug-likeness (QED) is 0.0152. The normalized spacial score (nSPS) is 28.3. The van der Waals surface area contributed by atoms with E-state index in [1.54, 1.807) is 23.1 Å². The molecule has 16 rings (SSSR count). The molecule has 126 heavy (non-hydrogen) atoms. The second kappa shape index (κ2) is 38.5. The number of imidazole rings is 4. The first-order valence-corrected chi connectivity index (χ1v) is 48.2. The molecule has 16 heterocycles. The van der Waals surface area contributed by atoms with Gasteiger partial charge in [0.15, 0.2) is 52.1 Å². The van der Waals surface area contributed by atoms with Gasteiger partial charge < -0.3 is 137 Å². The Morgan fingerprint density at radius 3 is 1.36 bits per heavy atom. The molecular weight excluding hydrogens is 1810 g/mol. The summed E-state index contributed by atoms with van der Waals surface area (Å²) < 4.78 is 122. The van der Waals surface area contributed by atoms with Gasteiger partial charge >= 0.3 is 19.1 Å². The Hall–Kier alpha value is -8.21. The highest BCUT2D eigenvalue weighted by Gasteiger charge is 2.49. The van der Waals surface area contributed by atoms with Crippen molar-refractivity contribution in [1.29, 1.82) is 0 Å². The van der Waals surface area contributed by atoms with E-state index >= 15 is 0 Å². The highest BCUT2D eigenvalue weighted by Crippen LogP contribution is 2.57. The van der Waals surface area contributed by atoms with Gasteiger partial charge in [-0.25, -0.2) is 63.7 Å². The summed E-state index contributed by atoms with van der Waals surface area (Å²) in [5, 5.41) is 42.0. The summed E-state index contributed by atoms with van der Waals surface area (Å²) in [4.78, 5) is 134. The number of aromatic nitrogens is 20. The van der Waals surface area contributed by atoms with Crippen LogP contribution in [-0.2, 0) is 110 Å². The summed E-state index contributed by atoms with van der Waals surface area (Å²) in [6.07, 6.45) is -8.26. The van der Waals surface area contributed by atoms with Crippen molar-refractivity contribution in [2.45, 2.75) is 170 Å². The molecule has 0 radical (unpaired) electrons. The Bertz CT molecular complexity index is 6050. The van der Waals surface area contributed by atoms with Crippen LogP contribution < -0.4 is 61.0 Å². The van der Waals surface area contributed by atoms with Crippen molar-refractivity contribution in [3.63, 3.8) is 0 Å². The van der Waals surface area contributed by atoms with E-state index in [2.05, 4.69) is 74.7 Å². The van der Waals surface area contributed by atoms with Crippen LogP contribution >= 0.6 is 28.0 Å². The SMILES string of the molecule is CCN(CC)CCN(C)P(=O)(OC[C@H]1O[C@@H](n2ccc(N)nc2=O)CC1O)OC1C[C@H](n2cnc3c(=O)[nH]c(C)nc32)O[C@@H]1CO.Nc1ccn([C@H]2CC(O)[C@@H](COP([O-])(=S)OC3C[C@H](n4cnc5c(N)ncnc54)O[C@@H]3COP(=O)([S-])OC3C[C@H](n4cnc5c(=O)[nH]c(N)nc54)O[C@@H]3COP([O-])(=S)OC3C[C@H](n4cnc5c(N)ncnc54)O[C@@H]3CO)O2)c(=O)n1. The highest BCUT2D eigenvalue weighted by atomic mass is 32.7. The lowest BCUT2D eigenvalue weighted by Crippen LogP contribution is -2.36. The summed E-state index contributed by atoms with van der Waals surface area (Å²) in [6.45, 7) is -8.72. The Morgan fingerprint density at radius 2 is 0.889 bits per heavy atom. The molecule has 53 nitrogen and oxygen atoms in total. The zero-order chi connectivity index (χ0) is 89.6. The molecule has 0 aromatic carbocycles. The number of nitrogens with two attached hydrogens (primary N) is 5. The van der Waals surface area contributed by atoms with E-state index in [-0.39, 0.29) is 102 Å². The Balaban J connectivity index is 0.000000226. The summed E-state index contributed by atoms with van der Waals surface area (Å²) in [6, 6.07) is 2.83. The first kappa shape index (κ1) is 92.5. The molecule has 0 aliphatic carbocycles. The van der Waals surface area contributed by atoms with Gasteiger partial charge in [-0.05, 0) is 39.2 Å². The first-order valence-electron chi connectivity index (χ1n) is 39.1. The Morgan fingerprint density at radius 1 is 0.500 bits per heavy atom. The van der Waals surface area contributed by atoms with Crippen molar-refractivity contribution < 1.29 is 104 Å². The van der Waals surface area contributed by atoms with Crippen LogP contribution in [0.2, 0.25) is 0 Å². The minimum absolute atomic E-state index is 0.00253. The zero-order valence-electron chi connectivity index (χ0n) is 67.1. The van der Waals surface area contributed by atoms with Gasteiger partial charge in [0, 0.05) is 64.0 Å². The molecule has 6 saturated heterocycles. The van der Waals surface area contributed by atoms with Crippen molar-refractivity contribution in [3.8, 4) is 0 Å². The van der Waals surface area contributed by atoms with Crippen LogP contribution in [-0.4, -0.2) is 273 Å². The maximum Gasteiger partial charge on any atom is 0.408 e. The minimum atomic E-state index is -4.69. The predicted molar refractivity (Wildman–Crippen MR) is 443 cm³/mol. The number of fused-ring (bicyclic) bond motifs is 4. The van der Waals surface area contributed by atoms with Crippen molar-refractivity contribution in [3.05, 3.63) is 110 Å². The number of ether oxygens (including phenoxy) is 6. The maximum atomic E-state index is 14.6. The van der Waals surface area contributed by atoms with E-state index in [4.69, 9.17) is 129 Å². The third kappa shape index (κ3) is 20.5. The van der Waals surface area contributed by atoms with Crippen LogP contribution in [0.3, 0.4) is 0 Å². The van der Waals surface area contributed by atoms with Crippen molar-refractivity contribution in [2.24, 2.45) is 0 Å². The molecule has 60 heteroatoms. The fourth-order valence-corrected chi connectivity index (χ4v) is 21.1. The number of aryl methyl sites for hydroxylation is 1. The number of nitrogen functional groups attached to an aromatic ring is 5. The van der Waals surface area contributed by atoms with Gasteiger partial charge in [-0.1, -0.05) is 37.5 Å². The van der Waals surface area contributed by atoms with Crippen LogP contribution in [0.25, 0.3) is 44.7 Å². The van der Waals surface area contributed by atoms with Crippen molar-refractivity contribution >= 4 is 138 Å². The lowest BCUT2D eigenvalue weighted by molar-refractivity contribution is -0.216. The van der Waals surface area contributed by atoms with Gasteiger partial charge in [0.1, 0.15) is 135 Å². The molecule has 0 bridgehead atoms. The fraction of sp³-hybridized carbons (Fsp3) is 0.576. The van der Waals surface area contributed by atoms with Crippen LogP contribution in [0.5, 0.6) is 0 Å². The fourth-order valence-electron chi connectivity index (χ4n) is 15.1. The number of aliphatic hydroxyl groups excluding tert-OH is 4. The number of rotatable bonds is 34. The molecule has 684 valence electrons. The standard InChI is InChI=1S/C39H49N18O17P3S3.C27H42N9O9P/c40-24-1-2-54(39(61)51-24)25-3-16(59)21(69-25)8-65-75(62,78)73-18-5-27(56-14-49-30-33(42)45-12-47-35(30)56)70-22(18)9-67-77(64,80)74-19-6-28(57-15-50-31-36(57)52-38(43)53-37(31)60)71-23(19)10-66-76(63,79)72-17-4-26(68-20(17)7-58)55-13-48-29-32(41)44-11-46-34(29)55;1-5-34(6-2)10-9-33(4)46(41,42-14-20-17(38)11-22(44-20)35-8-7-21(28)32-27(35)40)45-18-12-23(43-19(18)13-37)36-15-29-24-25(36)30-16(3)31-26(24)39/h1-2,11-23,25-28,58-59H,3-10H2,(H,62,78)(H,63,79)(H,64,80)(H2,40,51,61)(H2,41,44,46)(H2,42,45,47)(H3,43,52,53,60);7-8,15,17-20,22-23,37-38H,5-6,9-14H2,1-4H3,(H2,28,32,40)(H,30,31,39)/p-3/t16?,17?,18?,19?,20-,21-,22-,23-,25-,26-,27-,28-,75?,76?,77?;17?,18?,19-,20-,22-,23-,46?/m11/s1. The van der Waals surface area contributed by atoms with Gasteiger partial charge in [-0.15, -0.1) is 0 Å². The predicted octanol–water partition coefficient (Wildman–Crippen LogP) is -2.10. The Kier molecular flexibility index (Phi) is 28.2. The van der Waals surface area contributed by atoms with Gasteiger partial charge in [0.05, 0.1) is 95.5 Å². The first-order chi connectivity index (χ1) is 60.1. The van der Waals surface area contributed by atoms with Crippen molar-refractivity contribution in [2.75, 3.05) is 102 Å². The van der Waals surface area contributed by atoms with E-state index in [9.17, 15) is 58.5 Å². The van der Waals surface area contributed by atoms with Crippen LogP contribution in [0.1, 0.15) is 95.6 Å². The molecule has 0 spiro atoms. The zero-order valence-corrected chi connectivity index (χ0v) is 73.1. The lowest BCUT2D eigenvalue weighted by atomic mass is 10.2. The minimum Gasteiger partial charge on any atom is -0.780 e. The third-order valence-corrected chi connectivity index (χ3v) is 28.3. The molecule has 16 N–H and O–H groups in total. The van der Waals surface area contributed by atoms with E-state index in [1.165, 1.54) is 80.9 Å². The number of hydrogen-bond donors (Lipinski definition) is 11. The third-order valence-electron chi connectivity index (χ3n) is 21.5. The van der Waals surface area contributed by atoms with Crippen LogP contribution in [0.15, 0.2) is 81.7 Å². The molecule has 6 aliphatic rings. The van der Waals surface area contributed by atoms with Crippen LogP contribution in [0.4, 0.5) is 29.2 Å². The molecule has 10 unspecified atom stereocenters. The molecule has 10 aromatic rings. The summed E-state index contributed by atoms with van der Waals surface area (Å²) in [5.41, 5.74) is 28.1. The average Bonchev–Trinajstić information content (AvgIpc) is 1.63. The number of likely N-dealkylation sites (N-methyl/N-ethyl adjacent to an activating group) is 2. The molecule has 10 aromatic heterocycles. The molecule has 0 amide bonds. The number of aliphatic hydroxyl groups is 4. The number of nitrogens with one attached hydrogen (secondary N) is 2. The van der Waals surface area contributed by atoms with E-state index in [1.807, 2.05) is 13.8 Å². The number of anilines is 5. The molecule has 0 saturated carbocycles. The van der Waals surface area contributed by atoms with Gasteiger partial charge in [0.2, 0.25) is 5.95 Å². The Labute approximate surface area is 726 Å². The molecule has 6 aliphatic heterocycles.